The van der Waals surface area contributed by atoms with Crippen LogP contribution in [0.2, 0.25) is 0 Å². The highest BCUT2D eigenvalue weighted by Crippen LogP contribution is 2.12. The van der Waals surface area contributed by atoms with E-state index in [0.717, 1.165) is 70.6 Å². The Kier molecular flexibility index (Phi) is 16.4. The van der Waals surface area contributed by atoms with E-state index in [-0.39, 0.29) is 0 Å². The zero-order valence-corrected chi connectivity index (χ0v) is 15.0. The molecule has 0 aromatic heterocycles. The Bertz CT molecular complexity index is 321. The molecule has 0 unspecified atom stereocenters. The molecule has 0 radical (unpaired) electrons. The first kappa shape index (κ1) is 21.9. The minimum Gasteiger partial charge on any atom is -0.481 e. The van der Waals surface area contributed by atoms with Gasteiger partial charge in [0.2, 0.25) is 0 Å². The van der Waals surface area contributed by atoms with Crippen LogP contribution in [-0.2, 0) is 9.59 Å². The van der Waals surface area contributed by atoms with Crippen LogP contribution in [0.1, 0.15) is 103 Å². The van der Waals surface area contributed by atoms with Crippen LogP contribution in [0.15, 0.2) is 12.2 Å². The second kappa shape index (κ2) is 17.2. The summed E-state index contributed by atoms with van der Waals surface area (Å²) >= 11 is 0. The van der Waals surface area contributed by atoms with Crippen molar-refractivity contribution in [3.63, 3.8) is 0 Å². The molecule has 0 aliphatic heterocycles. The first-order valence-corrected chi connectivity index (χ1v) is 9.55. The molecular weight excluding hydrogens is 288 g/mol. The van der Waals surface area contributed by atoms with Crippen LogP contribution >= 0.6 is 0 Å². The van der Waals surface area contributed by atoms with E-state index in [1.807, 2.05) is 0 Å². The highest BCUT2D eigenvalue weighted by Gasteiger charge is 2.01. The lowest BCUT2D eigenvalue weighted by Gasteiger charge is -2.02. The number of unbranched alkanes of at least 4 members (excludes halogenated alkanes) is 9. The Hall–Kier alpha value is -1.12. The van der Waals surface area contributed by atoms with Crippen molar-refractivity contribution < 1.29 is 14.7 Å². The third kappa shape index (κ3) is 18.8. The molecule has 3 nitrogen and oxygen atoms in total. The lowest BCUT2D eigenvalue weighted by Crippen LogP contribution is -1.97. The smallest absolute Gasteiger partial charge is 0.303 e. The van der Waals surface area contributed by atoms with E-state index in [1.165, 1.54) is 19.3 Å². The fourth-order valence-electron chi connectivity index (χ4n) is 2.65. The fourth-order valence-corrected chi connectivity index (χ4v) is 2.65. The van der Waals surface area contributed by atoms with E-state index < -0.39 is 5.97 Å². The molecule has 0 fully saturated rings. The van der Waals surface area contributed by atoms with E-state index in [4.69, 9.17) is 5.11 Å². The highest BCUT2D eigenvalue weighted by molar-refractivity contribution is 5.78. The second-order valence-electron chi connectivity index (χ2n) is 6.39. The van der Waals surface area contributed by atoms with Crippen LogP contribution in [0.3, 0.4) is 0 Å². The summed E-state index contributed by atoms with van der Waals surface area (Å²) in [6.07, 6.45) is 19.3. The molecule has 0 rings (SSSR count). The molecule has 0 aliphatic rings. The predicted molar refractivity (Wildman–Crippen MR) is 96.7 cm³/mol. The normalized spacial score (nSPS) is 11.2. The zero-order valence-electron chi connectivity index (χ0n) is 15.0. The van der Waals surface area contributed by atoms with Gasteiger partial charge in [-0.2, -0.15) is 0 Å². The Morgan fingerprint density at radius 1 is 0.696 bits per heavy atom. The monoisotopic (exact) mass is 324 g/mol. The number of allylic oxidation sites excluding steroid dienone is 2. The second-order valence-corrected chi connectivity index (χ2v) is 6.39. The van der Waals surface area contributed by atoms with Gasteiger partial charge < -0.3 is 5.11 Å². The molecule has 0 saturated carbocycles. The lowest BCUT2D eigenvalue weighted by molar-refractivity contribution is -0.137. The summed E-state index contributed by atoms with van der Waals surface area (Å²) in [5, 5.41) is 8.53. The Morgan fingerprint density at radius 3 is 1.70 bits per heavy atom. The van der Waals surface area contributed by atoms with Gasteiger partial charge in [-0.3, -0.25) is 9.59 Å². The van der Waals surface area contributed by atoms with E-state index in [0.29, 0.717) is 12.2 Å². The number of rotatable bonds is 17. The molecule has 0 atom stereocenters. The zero-order chi connectivity index (χ0) is 17.2. The summed E-state index contributed by atoms with van der Waals surface area (Å²) < 4.78 is 0. The number of carboxylic acids is 1. The van der Waals surface area contributed by atoms with Crippen molar-refractivity contribution in [2.45, 2.75) is 103 Å². The van der Waals surface area contributed by atoms with Crippen LogP contribution in [0, 0.1) is 0 Å². The summed E-state index contributed by atoms with van der Waals surface area (Å²) in [6.45, 7) is 2.14. The summed E-state index contributed by atoms with van der Waals surface area (Å²) in [6, 6.07) is 0. The Morgan fingerprint density at radius 2 is 1.17 bits per heavy atom. The molecule has 0 aliphatic carbocycles. The number of hydrogen-bond donors (Lipinski definition) is 1. The van der Waals surface area contributed by atoms with Crippen LogP contribution in [0.4, 0.5) is 0 Å². The first-order chi connectivity index (χ1) is 11.2. The van der Waals surface area contributed by atoms with E-state index in [1.54, 1.807) is 0 Å². The first-order valence-electron chi connectivity index (χ1n) is 9.55. The summed E-state index contributed by atoms with van der Waals surface area (Å²) in [5.41, 5.74) is 0. The van der Waals surface area contributed by atoms with E-state index in [2.05, 4.69) is 19.1 Å². The van der Waals surface area contributed by atoms with Gasteiger partial charge in [-0.15, -0.1) is 0 Å². The molecule has 0 amide bonds. The van der Waals surface area contributed by atoms with Gasteiger partial charge in [0, 0.05) is 19.3 Å². The standard InChI is InChI=1S/C20H36O3/c1-2-3-4-5-10-13-16-19(21)17-14-11-8-6-7-9-12-15-18-20(22)23/h3-4H,2,5-18H2,1H3,(H,22,23)/b4-3-. The summed E-state index contributed by atoms with van der Waals surface area (Å²) in [7, 11) is 0. The number of ketones is 1. The molecule has 0 bridgehead atoms. The van der Waals surface area contributed by atoms with Crippen molar-refractivity contribution in [2.75, 3.05) is 0 Å². The number of hydrogen-bond acceptors (Lipinski definition) is 2. The third-order valence-corrected chi connectivity index (χ3v) is 4.08. The molecule has 0 heterocycles. The highest BCUT2D eigenvalue weighted by atomic mass is 16.4. The number of Topliss-reactive ketones (excluding diaryl/α,β-unsaturated/α-hetero) is 1. The number of carbonyl (C=O) groups excluding carboxylic acids is 1. The van der Waals surface area contributed by atoms with Crippen LogP contribution in [0.25, 0.3) is 0 Å². The average molecular weight is 325 g/mol. The minimum atomic E-state index is -0.688. The van der Waals surface area contributed by atoms with Crippen molar-refractivity contribution in [3.05, 3.63) is 12.2 Å². The molecule has 0 aromatic rings. The fraction of sp³-hybridized carbons (Fsp3) is 0.800. The predicted octanol–water partition coefficient (Wildman–Crippen LogP) is 6.07. The van der Waals surface area contributed by atoms with Gasteiger partial charge in [0.15, 0.2) is 0 Å². The molecule has 1 N–H and O–H groups in total. The van der Waals surface area contributed by atoms with Gasteiger partial charge >= 0.3 is 5.97 Å². The number of carboxylic acid groups (broad SMARTS) is 1. The molecule has 0 aromatic carbocycles. The topological polar surface area (TPSA) is 54.4 Å². The molecule has 3 heteroatoms. The minimum absolute atomic E-state index is 0.303. The average Bonchev–Trinajstić information content (AvgIpc) is 2.52. The van der Waals surface area contributed by atoms with Crippen molar-refractivity contribution in [3.8, 4) is 0 Å². The van der Waals surface area contributed by atoms with Crippen molar-refractivity contribution in [2.24, 2.45) is 0 Å². The van der Waals surface area contributed by atoms with Crippen LogP contribution < -0.4 is 0 Å². The summed E-state index contributed by atoms with van der Waals surface area (Å²) in [4.78, 5) is 22.1. The van der Waals surface area contributed by atoms with Gasteiger partial charge in [0.25, 0.3) is 0 Å². The van der Waals surface area contributed by atoms with Gasteiger partial charge in [0.05, 0.1) is 0 Å². The van der Waals surface area contributed by atoms with Gasteiger partial charge in [-0.25, -0.2) is 0 Å². The van der Waals surface area contributed by atoms with Crippen molar-refractivity contribution >= 4 is 11.8 Å². The van der Waals surface area contributed by atoms with Crippen molar-refractivity contribution in [1.82, 2.24) is 0 Å². The van der Waals surface area contributed by atoms with E-state index >= 15 is 0 Å². The molecule has 23 heavy (non-hydrogen) atoms. The SMILES string of the molecule is CC/C=C\CCCCC(=O)CCCCCCCCCCC(=O)O. The Labute approximate surface area is 142 Å². The molecule has 134 valence electrons. The van der Waals surface area contributed by atoms with Gasteiger partial charge in [-0.05, 0) is 38.5 Å². The van der Waals surface area contributed by atoms with Gasteiger partial charge in [0.1, 0.15) is 5.78 Å². The maximum absolute atomic E-state index is 11.7. The summed E-state index contributed by atoms with van der Waals surface area (Å²) in [5.74, 6) is -0.259. The van der Waals surface area contributed by atoms with Gasteiger partial charge in [-0.1, -0.05) is 57.6 Å². The molecular formula is C20H36O3. The molecule has 0 spiro atoms. The quantitative estimate of drug-likeness (QED) is 0.261. The van der Waals surface area contributed by atoms with Crippen molar-refractivity contribution in [1.29, 1.82) is 0 Å². The largest absolute Gasteiger partial charge is 0.481 e. The maximum Gasteiger partial charge on any atom is 0.303 e. The third-order valence-electron chi connectivity index (χ3n) is 4.08. The number of carbonyl (C=O) groups is 2. The molecule has 0 saturated heterocycles. The van der Waals surface area contributed by atoms with Crippen LogP contribution in [-0.4, -0.2) is 16.9 Å². The number of aliphatic carboxylic acids is 1. The Balaban J connectivity index is 3.20. The lowest BCUT2D eigenvalue weighted by atomic mass is 10.0. The van der Waals surface area contributed by atoms with E-state index in [9.17, 15) is 9.59 Å². The maximum atomic E-state index is 11.7. The van der Waals surface area contributed by atoms with Crippen LogP contribution in [0.5, 0.6) is 0 Å².